The molecule has 128 valence electrons. The van der Waals surface area contributed by atoms with E-state index in [9.17, 15) is 9.90 Å². The predicted molar refractivity (Wildman–Crippen MR) is 93.1 cm³/mol. The van der Waals surface area contributed by atoms with Crippen molar-refractivity contribution in [3.63, 3.8) is 0 Å². The lowest BCUT2D eigenvalue weighted by Gasteiger charge is -2.36. The number of carbonyl (C=O) groups is 1. The number of hydrogen-bond donors (Lipinski definition) is 3. The van der Waals surface area contributed by atoms with Crippen LogP contribution in [0.4, 0.5) is 10.5 Å². The molecule has 0 atom stereocenters. The van der Waals surface area contributed by atoms with Gasteiger partial charge < -0.3 is 20.2 Å². The van der Waals surface area contributed by atoms with Gasteiger partial charge in [-0.3, -0.25) is 4.98 Å². The van der Waals surface area contributed by atoms with Crippen molar-refractivity contribution in [1.82, 2.24) is 15.3 Å². The van der Waals surface area contributed by atoms with Crippen molar-refractivity contribution in [1.29, 1.82) is 0 Å². The van der Waals surface area contributed by atoms with E-state index in [-0.39, 0.29) is 12.6 Å². The molecule has 1 aliphatic carbocycles. The summed E-state index contributed by atoms with van der Waals surface area (Å²) in [7, 11) is 0. The molecule has 4 rings (SSSR count). The minimum absolute atomic E-state index is 0.257. The Morgan fingerprint density at radius 3 is 2.88 bits per heavy atom. The van der Waals surface area contributed by atoms with Gasteiger partial charge in [-0.1, -0.05) is 6.07 Å². The molecule has 3 N–H and O–H groups in total. The third-order valence-electron chi connectivity index (χ3n) is 4.39. The number of nitrogens with one attached hydrogen (secondary N) is 2. The van der Waals surface area contributed by atoms with E-state index in [1.54, 1.807) is 24.4 Å². The first kappa shape index (κ1) is 15.6. The Labute approximate surface area is 144 Å². The normalized spacial score (nSPS) is 15.6. The van der Waals surface area contributed by atoms with Gasteiger partial charge >= 0.3 is 6.03 Å². The van der Waals surface area contributed by atoms with Crippen LogP contribution in [-0.4, -0.2) is 33.3 Å². The average Bonchev–Trinajstić information content (AvgIpc) is 3.02. The maximum atomic E-state index is 12.0. The van der Waals surface area contributed by atoms with E-state index >= 15 is 0 Å². The van der Waals surface area contributed by atoms with Crippen LogP contribution in [-0.2, 0) is 0 Å². The van der Waals surface area contributed by atoms with Crippen molar-refractivity contribution in [2.75, 3.05) is 11.9 Å². The highest BCUT2D eigenvalue weighted by Gasteiger charge is 2.34. The van der Waals surface area contributed by atoms with E-state index in [0.717, 1.165) is 19.3 Å². The lowest BCUT2D eigenvalue weighted by molar-refractivity contribution is -0.0287. The highest BCUT2D eigenvalue weighted by Crippen LogP contribution is 2.30. The van der Waals surface area contributed by atoms with Gasteiger partial charge in [0.15, 0.2) is 5.58 Å². The standard InChI is InChI=1S/C18H18N4O3/c23-17(20-11-18(24)7-3-8-18)21-12-5-6-13-15(10-12)25-16(22-13)14-4-1-2-9-19-14/h1-2,4-6,9-10,24H,3,7-8,11H2,(H2,20,21,23). The molecule has 0 spiro atoms. The first-order chi connectivity index (χ1) is 12.1. The number of rotatable bonds is 4. The van der Waals surface area contributed by atoms with Crippen LogP contribution >= 0.6 is 0 Å². The van der Waals surface area contributed by atoms with Crippen LogP contribution in [0.25, 0.3) is 22.7 Å². The van der Waals surface area contributed by atoms with E-state index in [1.165, 1.54) is 0 Å². The zero-order valence-electron chi connectivity index (χ0n) is 13.5. The largest absolute Gasteiger partial charge is 0.435 e. The lowest BCUT2D eigenvalue weighted by atomic mass is 9.80. The quantitative estimate of drug-likeness (QED) is 0.679. The molecule has 1 aliphatic rings. The Bertz CT molecular complexity index is 903. The predicted octanol–water partition coefficient (Wildman–Crippen LogP) is 2.93. The van der Waals surface area contributed by atoms with Crippen LogP contribution in [0.1, 0.15) is 19.3 Å². The number of oxazole rings is 1. The first-order valence-corrected chi connectivity index (χ1v) is 8.21. The summed E-state index contributed by atoms with van der Waals surface area (Å²) in [4.78, 5) is 20.6. The summed E-state index contributed by atoms with van der Waals surface area (Å²) in [5.74, 6) is 0.435. The number of urea groups is 1. The molecular weight excluding hydrogens is 320 g/mol. The van der Waals surface area contributed by atoms with Crippen LogP contribution in [0.2, 0.25) is 0 Å². The zero-order chi connectivity index (χ0) is 17.3. The fourth-order valence-electron chi connectivity index (χ4n) is 2.78. The summed E-state index contributed by atoms with van der Waals surface area (Å²) in [5, 5.41) is 15.4. The summed E-state index contributed by atoms with van der Waals surface area (Å²) < 4.78 is 5.73. The van der Waals surface area contributed by atoms with Crippen molar-refractivity contribution in [3.8, 4) is 11.6 Å². The second-order valence-electron chi connectivity index (χ2n) is 6.30. The fourth-order valence-corrected chi connectivity index (χ4v) is 2.78. The molecule has 0 bridgehead atoms. The Morgan fingerprint density at radius 1 is 1.28 bits per heavy atom. The molecule has 1 saturated carbocycles. The molecule has 2 aromatic heterocycles. The topological polar surface area (TPSA) is 100 Å². The van der Waals surface area contributed by atoms with E-state index in [1.807, 2.05) is 18.2 Å². The van der Waals surface area contributed by atoms with Gasteiger partial charge in [0.25, 0.3) is 0 Å². The van der Waals surface area contributed by atoms with Crippen LogP contribution in [0, 0.1) is 0 Å². The van der Waals surface area contributed by atoms with Crippen LogP contribution in [0.5, 0.6) is 0 Å². The molecule has 7 heteroatoms. The van der Waals surface area contributed by atoms with Gasteiger partial charge in [-0.25, -0.2) is 9.78 Å². The van der Waals surface area contributed by atoms with E-state index in [4.69, 9.17) is 4.42 Å². The zero-order valence-corrected chi connectivity index (χ0v) is 13.5. The molecule has 0 aliphatic heterocycles. The van der Waals surface area contributed by atoms with Crippen LogP contribution < -0.4 is 10.6 Å². The minimum atomic E-state index is -0.746. The summed E-state index contributed by atoms with van der Waals surface area (Å²) in [6.45, 7) is 0.257. The molecule has 1 fully saturated rings. The minimum Gasteiger partial charge on any atom is -0.435 e. The van der Waals surface area contributed by atoms with Crippen molar-refractivity contribution in [2.45, 2.75) is 24.9 Å². The number of benzene rings is 1. The van der Waals surface area contributed by atoms with Crippen LogP contribution in [0.3, 0.4) is 0 Å². The third kappa shape index (κ3) is 3.32. The average molecular weight is 338 g/mol. The summed E-state index contributed by atoms with van der Waals surface area (Å²) >= 11 is 0. The molecule has 0 radical (unpaired) electrons. The highest BCUT2D eigenvalue weighted by atomic mass is 16.3. The van der Waals surface area contributed by atoms with Gasteiger partial charge in [-0.2, -0.15) is 0 Å². The monoisotopic (exact) mass is 338 g/mol. The Kier molecular flexibility index (Phi) is 3.85. The molecule has 0 saturated heterocycles. The second kappa shape index (κ2) is 6.18. The molecule has 3 aromatic rings. The third-order valence-corrected chi connectivity index (χ3v) is 4.39. The SMILES string of the molecule is O=C(NCC1(O)CCC1)Nc1ccc2nc(-c3ccccn3)oc2c1. The maximum absolute atomic E-state index is 12.0. The highest BCUT2D eigenvalue weighted by molar-refractivity contribution is 5.91. The molecular formula is C18H18N4O3. The Balaban J connectivity index is 1.46. The fraction of sp³-hybridized carbons (Fsp3) is 0.278. The molecule has 2 amide bonds. The van der Waals surface area contributed by atoms with E-state index in [2.05, 4.69) is 20.6 Å². The van der Waals surface area contributed by atoms with Crippen LogP contribution in [0.15, 0.2) is 47.0 Å². The number of aliphatic hydroxyl groups is 1. The number of nitrogens with zero attached hydrogens (tertiary/aromatic N) is 2. The number of fused-ring (bicyclic) bond motifs is 1. The first-order valence-electron chi connectivity index (χ1n) is 8.21. The van der Waals surface area contributed by atoms with Gasteiger partial charge in [-0.05, 0) is 43.5 Å². The number of anilines is 1. The number of pyridine rings is 1. The van der Waals surface area contributed by atoms with Crippen molar-refractivity contribution in [2.24, 2.45) is 0 Å². The summed E-state index contributed by atoms with van der Waals surface area (Å²) in [6.07, 6.45) is 4.14. The number of hydrogen-bond acceptors (Lipinski definition) is 5. The summed E-state index contributed by atoms with van der Waals surface area (Å²) in [5.41, 5.74) is 1.75. The van der Waals surface area contributed by atoms with Crippen molar-refractivity contribution in [3.05, 3.63) is 42.6 Å². The maximum Gasteiger partial charge on any atom is 0.319 e. The van der Waals surface area contributed by atoms with Gasteiger partial charge in [0.05, 0.1) is 5.60 Å². The molecule has 2 heterocycles. The van der Waals surface area contributed by atoms with Gasteiger partial charge in [0, 0.05) is 24.5 Å². The molecule has 25 heavy (non-hydrogen) atoms. The van der Waals surface area contributed by atoms with E-state index < -0.39 is 5.60 Å². The van der Waals surface area contributed by atoms with Gasteiger partial charge in [0.2, 0.25) is 5.89 Å². The second-order valence-corrected chi connectivity index (χ2v) is 6.30. The molecule has 1 aromatic carbocycles. The smallest absolute Gasteiger partial charge is 0.319 e. The van der Waals surface area contributed by atoms with Gasteiger partial charge in [0.1, 0.15) is 11.2 Å². The number of carbonyl (C=O) groups excluding carboxylic acids is 1. The Hall–Kier alpha value is -2.93. The Morgan fingerprint density at radius 2 is 2.16 bits per heavy atom. The van der Waals surface area contributed by atoms with E-state index in [0.29, 0.717) is 28.4 Å². The lowest BCUT2D eigenvalue weighted by Crippen LogP contribution is -2.48. The van der Waals surface area contributed by atoms with Crippen molar-refractivity contribution < 1.29 is 14.3 Å². The molecule has 7 nitrogen and oxygen atoms in total. The summed E-state index contributed by atoms with van der Waals surface area (Å²) in [6, 6.07) is 10.4. The van der Waals surface area contributed by atoms with Gasteiger partial charge in [-0.15, -0.1) is 0 Å². The van der Waals surface area contributed by atoms with Crippen molar-refractivity contribution >= 4 is 22.8 Å². The molecule has 0 unspecified atom stereocenters. The number of amides is 2. The number of aromatic nitrogens is 2.